The van der Waals surface area contributed by atoms with E-state index in [4.69, 9.17) is 4.42 Å². The van der Waals surface area contributed by atoms with Crippen LogP contribution in [0.2, 0.25) is 0 Å². The Bertz CT molecular complexity index is 1220. The van der Waals surface area contributed by atoms with Crippen molar-refractivity contribution >= 4 is 34.7 Å². The maximum Gasteiger partial charge on any atom is 0.253 e. The second-order valence-electron chi connectivity index (χ2n) is 7.07. The molecule has 4 aromatic heterocycles. The number of hydrogen-bond donors (Lipinski definition) is 0. The Labute approximate surface area is 193 Å². The standard InChI is InChI=1S/C22H20N6O2S2/c1-2-27-21(15-7-9-23-10-8-15)24-25-22(27)32-14-20(29)28-17(18-5-3-11-30-18)13-16(26-28)19-6-4-12-31-19/h3-12,17H,2,13-14H2,1H3/t17-/m0/s1. The lowest BCUT2D eigenvalue weighted by molar-refractivity contribution is -0.130. The number of rotatable bonds is 7. The van der Waals surface area contributed by atoms with Crippen LogP contribution in [0.4, 0.5) is 0 Å². The molecular formula is C22H20N6O2S2. The number of pyridine rings is 1. The third kappa shape index (κ3) is 3.98. The first-order valence-electron chi connectivity index (χ1n) is 10.2. The number of thioether (sulfide) groups is 1. The molecule has 0 saturated heterocycles. The minimum Gasteiger partial charge on any atom is -0.467 e. The Balaban J connectivity index is 1.35. The summed E-state index contributed by atoms with van der Waals surface area (Å²) < 4.78 is 7.61. The quantitative estimate of drug-likeness (QED) is 0.375. The van der Waals surface area contributed by atoms with Crippen molar-refractivity contribution in [3.05, 3.63) is 71.1 Å². The van der Waals surface area contributed by atoms with Crippen LogP contribution in [0.15, 0.2) is 75.1 Å². The zero-order valence-electron chi connectivity index (χ0n) is 17.3. The van der Waals surface area contributed by atoms with Crippen LogP contribution in [0.1, 0.15) is 30.0 Å². The van der Waals surface area contributed by atoms with Crippen LogP contribution in [-0.4, -0.2) is 42.1 Å². The van der Waals surface area contributed by atoms with Crippen LogP contribution in [0, 0.1) is 0 Å². The average molecular weight is 465 g/mol. The van der Waals surface area contributed by atoms with Crippen LogP contribution in [0.25, 0.3) is 11.4 Å². The van der Waals surface area contributed by atoms with Crippen LogP contribution in [0.3, 0.4) is 0 Å². The molecule has 1 aliphatic rings. The smallest absolute Gasteiger partial charge is 0.253 e. The van der Waals surface area contributed by atoms with E-state index < -0.39 is 0 Å². The third-order valence-electron chi connectivity index (χ3n) is 5.14. The fourth-order valence-electron chi connectivity index (χ4n) is 3.62. The van der Waals surface area contributed by atoms with Gasteiger partial charge in [0.25, 0.3) is 5.91 Å². The molecule has 10 heteroatoms. The molecule has 1 amide bonds. The highest BCUT2D eigenvalue weighted by Crippen LogP contribution is 2.35. The first-order valence-corrected chi connectivity index (χ1v) is 12.0. The topological polar surface area (TPSA) is 89.4 Å². The zero-order chi connectivity index (χ0) is 21.9. The molecule has 1 aliphatic heterocycles. The van der Waals surface area contributed by atoms with Gasteiger partial charge >= 0.3 is 0 Å². The van der Waals surface area contributed by atoms with Crippen LogP contribution in [-0.2, 0) is 11.3 Å². The molecule has 162 valence electrons. The molecule has 0 aliphatic carbocycles. The molecule has 0 spiro atoms. The first kappa shape index (κ1) is 20.7. The van der Waals surface area contributed by atoms with Gasteiger partial charge in [0.1, 0.15) is 11.8 Å². The zero-order valence-corrected chi connectivity index (χ0v) is 18.9. The Morgan fingerprint density at radius 3 is 2.81 bits per heavy atom. The Morgan fingerprint density at radius 2 is 2.09 bits per heavy atom. The predicted molar refractivity (Wildman–Crippen MR) is 123 cm³/mol. The van der Waals surface area contributed by atoms with Crippen LogP contribution in [0.5, 0.6) is 0 Å². The van der Waals surface area contributed by atoms with Gasteiger partial charge in [-0.3, -0.25) is 9.78 Å². The maximum absolute atomic E-state index is 13.2. The van der Waals surface area contributed by atoms with E-state index in [0.29, 0.717) is 18.1 Å². The lowest BCUT2D eigenvalue weighted by Gasteiger charge is -2.19. The largest absolute Gasteiger partial charge is 0.467 e. The predicted octanol–water partition coefficient (Wildman–Crippen LogP) is 4.48. The van der Waals surface area contributed by atoms with Gasteiger partial charge < -0.3 is 8.98 Å². The summed E-state index contributed by atoms with van der Waals surface area (Å²) in [5.74, 6) is 1.60. The summed E-state index contributed by atoms with van der Waals surface area (Å²) >= 11 is 2.98. The summed E-state index contributed by atoms with van der Waals surface area (Å²) in [5, 5.41) is 17.6. The molecule has 0 unspecified atom stereocenters. The summed E-state index contributed by atoms with van der Waals surface area (Å²) in [5.41, 5.74) is 1.84. The minimum absolute atomic E-state index is 0.0981. The molecule has 0 saturated carbocycles. The van der Waals surface area contributed by atoms with Gasteiger partial charge in [-0.05, 0) is 42.6 Å². The molecule has 0 N–H and O–H groups in total. The first-order chi connectivity index (χ1) is 15.7. The van der Waals surface area contributed by atoms with Gasteiger partial charge in [-0.25, -0.2) is 5.01 Å². The van der Waals surface area contributed by atoms with Gasteiger partial charge in [0.05, 0.1) is 22.6 Å². The molecule has 0 radical (unpaired) electrons. The molecule has 4 aromatic rings. The van der Waals surface area contributed by atoms with Gasteiger partial charge in [-0.15, -0.1) is 21.5 Å². The van der Waals surface area contributed by atoms with Crippen molar-refractivity contribution in [2.24, 2.45) is 5.10 Å². The highest BCUT2D eigenvalue weighted by molar-refractivity contribution is 7.99. The van der Waals surface area contributed by atoms with Gasteiger partial charge in [-0.2, -0.15) is 5.10 Å². The number of carbonyl (C=O) groups is 1. The van der Waals surface area contributed by atoms with E-state index in [1.165, 1.54) is 11.8 Å². The number of aromatic nitrogens is 4. The fraction of sp³-hybridized carbons (Fsp3) is 0.227. The third-order valence-corrected chi connectivity index (χ3v) is 7.01. The van der Waals surface area contributed by atoms with Gasteiger partial charge in [0.15, 0.2) is 11.0 Å². The molecule has 0 bridgehead atoms. The molecule has 5 heterocycles. The number of nitrogens with zero attached hydrogens (tertiary/aromatic N) is 6. The monoisotopic (exact) mass is 464 g/mol. The number of amides is 1. The second kappa shape index (κ2) is 9.09. The van der Waals surface area contributed by atoms with E-state index >= 15 is 0 Å². The number of hydrazone groups is 1. The van der Waals surface area contributed by atoms with Crippen molar-refractivity contribution in [2.75, 3.05) is 5.75 Å². The SMILES string of the molecule is CCn1c(SCC(=O)N2N=C(c3cccs3)C[C@H]2c2ccco2)nnc1-c1ccncc1. The van der Waals surface area contributed by atoms with E-state index in [1.807, 2.05) is 53.3 Å². The fourth-order valence-corrected chi connectivity index (χ4v) is 5.20. The van der Waals surface area contributed by atoms with Gasteiger partial charge in [0.2, 0.25) is 0 Å². The number of hydrogen-bond acceptors (Lipinski definition) is 8. The van der Waals surface area contributed by atoms with Gasteiger partial charge in [0, 0.05) is 30.9 Å². The van der Waals surface area contributed by atoms with E-state index in [1.54, 1.807) is 35.0 Å². The highest BCUT2D eigenvalue weighted by Gasteiger charge is 2.35. The molecule has 0 aromatic carbocycles. The molecule has 1 atom stereocenters. The summed E-state index contributed by atoms with van der Waals surface area (Å²) in [6.07, 6.45) is 5.71. The maximum atomic E-state index is 13.2. The van der Waals surface area contributed by atoms with Crippen LogP contribution >= 0.6 is 23.1 Å². The highest BCUT2D eigenvalue weighted by atomic mass is 32.2. The number of carbonyl (C=O) groups excluding carboxylic acids is 1. The van der Waals surface area contributed by atoms with E-state index in [0.717, 1.165) is 27.7 Å². The van der Waals surface area contributed by atoms with Crippen molar-refractivity contribution in [3.63, 3.8) is 0 Å². The Morgan fingerprint density at radius 1 is 1.22 bits per heavy atom. The summed E-state index contributed by atoms with van der Waals surface area (Å²) in [6.45, 7) is 2.73. The number of furan rings is 1. The lowest BCUT2D eigenvalue weighted by Crippen LogP contribution is -2.28. The van der Waals surface area contributed by atoms with E-state index in [-0.39, 0.29) is 17.7 Å². The molecule has 8 nitrogen and oxygen atoms in total. The van der Waals surface area contributed by atoms with E-state index in [9.17, 15) is 4.79 Å². The molecular weight excluding hydrogens is 444 g/mol. The van der Waals surface area contributed by atoms with Crippen molar-refractivity contribution < 1.29 is 9.21 Å². The molecule has 0 fully saturated rings. The molecule has 5 rings (SSSR count). The number of thiophene rings is 1. The Hall–Kier alpha value is -3.24. The summed E-state index contributed by atoms with van der Waals surface area (Å²) in [4.78, 5) is 18.3. The van der Waals surface area contributed by atoms with Crippen molar-refractivity contribution in [1.29, 1.82) is 0 Å². The summed E-state index contributed by atoms with van der Waals surface area (Å²) in [6, 6.07) is 11.3. The van der Waals surface area contributed by atoms with Crippen molar-refractivity contribution in [1.82, 2.24) is 24.8 Å². The second-order valence-corrected chi connectivity index (χ2v) is 8.96. The normalized spacial score (nSPS) is 15.8. The van der Waals surface area contributed by atoms with Crippen molar-refractivity contribution in [2.45, 2.75) is 31.1 Å². The summed E-state index contributed by atoms with van der Waals surface area (Å²) in [7, 11) is 0. The minimum atomic E-state index is -0.244. The Kier molecular flexibility index (Phi) is 5.87. The van der Waals surface area contributed by atoms with E-state index in [2.05, 4.69) is 20.3 Å². The lowest BCUT2D eigenvalue weighted by atomic mass is 10.1. The van der Waals surface area contributed by atoms with Crippen LogP contribution < -0.4 is 0 Å². The van der Waals surface area contributed by atoms with Gasteiger partial charge in [-0.1, -0.05) is 17.8 Å². The van der Waals surface area contributed by atoms with Crippen molar-refractivity contribution in [3.8, 4) is 11.4 Å². The average Bonchev–Trinajstić information content (AvgIpc) is 3.63. The molecule has 32 heavy (non-hydrogen) atoms.